The SMILES string of the molecule is COC(=O)c1ccccc1CC(=O)Cc1ccc(C=O)cc1. The summed E-state index contributed by atoms with van der Waals surface area (Å²) in [5.74, 6) is -0.450. The number of ether oxygens (including phenoxy) is 1. The van der Waals surface area contributed by atoms with Crippen LogP contribution < -0.4 is 0 Å². The molecule has 4 heteroatoms. The average molecular weight is 296 g/mol. The predicted octanol–water partition coefficient (Wildman–Crippen LogP) is 2.64. The minimum absolute atomic E-state index is 0.00444. The molecule has 0 atom stereocenters. The highest BCUT2D eigenvalue weighted by Crippen LogP contribution is 2.13. The van der Waals surface area contributed by atoms with E-state index in [4.69, 9.17) is 4.74 Å². The zero-order valence-corrected chi connectivity index (χ0v) is 12.2. The summed E-state index contributed by atoms with van der Waals surface area (Å²) in [6.45, 7) is 0. The highest BCUT2D eigenvalue weighted by molar-refractivity contribution is 5.93. The van der Waals surface area contributed by atoms with E-state index in [0.29, 0.717) is 16.7 Å². The number of aldehydes is 1. The molecule has 0 aliphatic carbocycles. The lowest BCUT2D eigenvalue weighted by molar-refractivity contribution is -0.117. The molecule has 2 aromatic rings. The van der Waals surface area contributed by atoms with Crippen molar-refractivity contribution in [3.8, 4) is 0 Å². The fraction of sp³-hybridized carbons (Fsp3) is 0.167. The predicted molar refractivity (Wildman–Crippen MR) is 82.0 cm³/mol. The highest BCUT2D eigenvalue weighted by atomic mass is 16.5. The summed E-state index contributed by atoms with van der Waals surface area (Å²) >= 11 is 0. The summed E-state index contributed by atoms with van der Waals surface area (Å²) in [6.07, 6.45) is 1.19. The Kier molecular flexibility index (Phi) is 5.20. The largest absolute Gasteiger partial charge is 0.465 e. The molecule has 0 heterocycles. The molecule has 0 spiro atoms. The Morgan fingerprint density at radius 3 is 2.32 bits per heavy atom. The molecule has 112 valence electrons. The number of Topliss-reactive ketones (excluding diaryl/α,β-unsaturated/α-hetero) is 1. The van der Waals surface area contributed by atoms with Crippen molar-refractivity contribution in [1.29, 1.82) is 0 Å². The molecule has 0 unspecified atom stereocenters. The van der Waals surface area contributed by atoms with Gasteiger partial charge in [0.05, 0.1) is 12.7 Å². The molecule has 0 saturated heterocycles. The Balaban J connectivity index is 2.08. The summed E-state index contributed by atoms with van der Waals surface area (Å²) in [6, 6.07) is 13.8. The maximum absolute atomic E-state index is 12.2. The van der Waals surface area contributed by atoms with E-state index in [0.717, 1.165) is 11.8 Å². The first-order valence-corrected chi connectivity index (χ1v) is 6.86. The zero-order chi connectivity index (χ0) is 15.9. The third-order valence-electron chi connectivity index (χ3n) is 3.33. The van der Waals surface area contributed by atoms with Crippen molar-refractivity contribution >= 4 is 18.0 Å². The van der Waals surface area contributed by atoms with E-state index in [1.807, 2.05) is 0 Å². The van der Waals surface area contributed by atoms with Crippen LogP contribution in [0.1, 0.15) is 31.8 Å². The van der Waals surface area contributed by atoms with Crippen molar-refractivity contribution in [3.63, 3.8) is 0 Å². The Bertz CT molecular complexity index is 686. The molecule has 4 nitrogen and oxygen atoms in total. The van der Waals surface area contributed by atoms with Crippen LogP contribution in [0.4, 0.5) is 0 Å². The van der Waals surface area contributed by atoms with Crippen LogP contribution in [0.15, 0.2) is 48.5 Å². The molecular weight excluding hydrogens is 280 g/mol. The fourth-order valence-corrected chi connectivity index (χ4v) is 2.20. The fourth-order valence-electron chi connectivity index (χ4n) is 2.20. The lowest BCUT2D eigenvalue weighted by Gasteiger charge is -2.07. The number of esters is 1. The van der Waals surface area contributed by atoms with Gasteiger partial charge in [-0.25, -0.2) is 4.79 Å². The number of rotatable bonds is 6. The van der Waals surface area contributed by atoms with Gasteiger partial charge >= 0.3 is 5.97 Å². The number of methoxy groups -OCH3 is 1. The van der Waals surface area contributed by atoms with Gasteiger partial charge in [-0.3, -0.25) is 9.59 Å². The van der Waals surface area contributed by atoms with E-state index in [1.165, 1.54) is 7.11 Å². The lowest BCUT2D eigenvalue weighted by atomic mass is 9.98. The summed E-state index contributed by atoms with van der Waals surface area (Å²) in [5, 5.41) is 0. The van der Waals surface area contributed by atoms with Crippen molar-refractivity contribution in [2.45, 2.75) is 12.8 Å². The van der Waals surface area contributed by atoms with Crippen LogP contribution in [0.5, 0.6) is 0 Å². The van der Waals surface area contributed by atoms with Gasteiger partial charge in [0.25, 0.3) is 0 Å². The van der Waals surface area contributed by atoms with Crippen LogP contribution >= 0.6 is 0 Å². The zero-order valence-electron chi connectivity index (χ0n) is 12.2. The third-order valence-corrected chi connectivity index (χ3v) is 3.33. The molecule has 0 aromatic heterocycles. The molecule has 2 aromatic carbocycles. The van der Waals surface area contributed by atoms with Crippen molar-refractivity contribution in [2.24, 2.45) is 0 Å². The molecule has 0 aliphatic heterocycles. The molecule has 2 rings (SSSR count). The monoisotopic (exact) mass is 296 g/mol. The maximum Gasteiger partial charge on any atom is 0.338 e. The summed E-state index contributed by atoms with van der Waals surface area (Å²) < 4.78 is 4.72. The first-order valence-electron chi connectivity index (χ1n) is 6.86. The Morgan fingerprint density at radius 1 is 1.00 bits per heavy atom. The molecule has 0 saturated carbocycles. The number of carbonyl (C=O) groups is 3. The van der Waals surface area contributed by atoms with Gasteiger partial charge in [-0.2, -0.15) is 0 Å². The van der Waals surface area contributed by atoms with Gasteiger partial charge in [0.1, 0.15) is 12.1 Å². The molecule has 0 bridgehead atoms. The number of ketones is 1. The Hall–Kier alpha value is -2.75. The lowest BCUT2D eigenvalue weighted by Crippen LogP contribution is -2.11. The smallest absolute Gasteiger partial charge is 0.338 e. The van der Waals surface area contributed by atoms with Gasteiger partial charge in [-0.1, -0.05) is 42.5 Å². The molecule has 0 fully saturated rings. The third kappa shape index (κ3) is 3.88. The summed E-state index contributed by atoms with van der Waals surface area (Å²) in [7, 11) is 1.32. The standard InChI is InChI=1S/C18H16O4/c1-22-18(21)17-5-3-2-4-15(17)11-16(20)10-13-6-8-14(12-19)9-7-13/h2-9,12H,10-11H2,1H3. The van der Waals surface area contributed by atoms with Crippen molar-refractivity contribution in [3.05, 3.63) is 70.8 Å². The van der Waals surface area contributed by atoms with Crippen LogP contribution in [0, 0.1) is 0 Å². The second-order valence-corrected chi connectivity index (χ2v) is 4.90. The van der Waals surface area contributed by atoms with Crippen molar-refractivity contribution in [1.82, 2.24) is 0 Å². The second kappa shape index (κ2) is 7.31. The summed E-state index contributed by atoms with van der Waals surface area (Å²) in [5.41, 5.74) is 2.48. The maximum atomic E-state index is 12.2. The first kappa shape index (κ1) is 15.6. The number of hydrogen-bond donors (Lipinski definition) is 0. The molecule has 0 N–H and O–H groups in total. The Morgan fingerprint density at radius 2 is 1.68 bits per heavy atom. The van der Waals surface area contributed by atoms with Gasteiger partial charge in [0.15, 0.2) is 0 Å². The molecule has 0 aliphatic rings. The van der Waals surface area contributed by atoms with Gasteiger partial charge in [0.2, 0.25) is 0 Å². The average Bonchev–Trinajstić information content (AvgIpc) is 2.55. The molecule has 0 amide bonds. The van der Waals surface area contributed by atoms with Crippen molar-refractivity contribution in [2.75, 3.05) is 7.11 Å². The minimum atomic E-state index is -0.446. The van der Waals surface area contributed by atoms with Crippen LogP contribution in [0.3, 0.4) is 0 Å². The first-order chi connectivity index (χ1) is 10.6. The topological polar surface area (TPSA) is 60.4 Å². The number of hydrogen-bond acceptors (Lipinski definition) is 4. The van der Waals surface area contributed by atoms with E-state index in [1.54, 1.807) is 48.5 Å². The van der Waals surface area contributed by atoms with Crippen LogP contribution in [0.2, 0.25) is 0 Å². The van der Waals surface area contributed by atoms with E-state index < -0.39 is 5.97 Å². The van der Waals surface area contributed by atoms with Crippen LogP contribution in [0.25, 0.3) is 0 Å². The van der Waals surface area contributed by atoms with Crippen molar-refractivity contribution < 1.29 is 19.1 Å². The highest BCUT2D eigenvalue weighted by Gasteiger charge is 2.14. The molecule has 22 heavy (non-hydrogen) atoms. The van der Waals surface area contributed by atoms with Crippen LogP contribution in [-0.4, -0.2) is 25.1 Å². The van der Waals surface area contributed by atoms with Crippen LogP contribution in [-0.2, 0) is 22.4 Å². The Labute approximate surface area is 128 Å². The number of benzene rings is 2. The summed E-state index contributed by atoms with van der Waals surface area (Å²) in [4.78, 5) is 34.5. The van der Waals surface area contributed by atoms with Gasteiger partial charge in [-0.05, 0) is 17.2 Å². The quantitative estimate of drug-likeness (QED) is 0.607. The van der Waals surface area contributed by atoms with E-state index in [-0.39, 0.29) is 18.6 Å². The van der Waals surface area contributed by atoms with E-state index in [2.05, 4.69) is 0 Å². The number of carbonyl (C=O) groups excluding carboxylic acids is 3. The normalized spacial score (nSPS) is 10.0. The second-order valence-electron chi connectivity index (χ2n) is 4.90. The van der Waals surface area contributed by atoms with E-state index in [9.17, 15) is 14.4 Å². The molecule has 0 radical (unpaired) electrons. The van der Waals surface area contributed by atoms with Gasteiger partial charge in [-0.15, -0.1) is 0 Å². The van der Waals surface area contributed by atoms with Gasteiger partial charge in [0, 0.05) is 18.4 Å². The van der Waals surface area contributed by atoms with Gasteiger partial charge < -0.3 is 4.74 Å². The minimum Gasteiger partial charge on any atom is -0.465 e. The van der Waals surface area contributed by atoms with E-state index >= 15 is 0 Å². The molecular formula is C18H16O4.